The molecule has 0 aliphatic carbocycles. The Morgan fingerprint density at radius 1 is 0.282 bits per heavy atom. The summed E-state index contributed by atoms with van der Waals surface area (Å²) in [4.78, 5) is 73.1. The number of ether oxygens (including phenoxy) is 4. The zero-order valence-electron chi connectivity index (χ0n) is 67.8. The molecular weight excluding hydrogens is 1340 g/mol. The lowest BCUT2D eigenvalue weighted by atomic mass is 9.99. The fourth-order valence-corrected chi connectivity index (χ4v) is 14.6. The van der Waals surface area contributed by atoms with Crippen molar-refractivity contribution < 1.29 is 80.2 Å². The number of aliphatic hydroxyl groups is 1. The third-order valence-corrected chi connectivity index (χ3v) is 21.9. The van der Waals surface area contributed by atoms with E-state index >= 15 is 0 Å². The molecule has 0 saturated carbocycles. The third-order valence-electron chi connectivity index (χ3n) is 20.0. The minimum absolute atomic E-state index is 0.106. The SMILES string of the molecule is CCCCCCCCCCCCCC(=O)OC[C@H](COP(=O)(O)OC[C@H](O)COP(=O)(O)OC[C@@H](COC(=O)CCCCCCCCCCCCCCCCC(C)CC)OC(=O)CCCCCCCCCCCCCCCCCCCCC(C)C)OC(=O)CCCCCCCCCCCCC(C)C. The second-order valence-corrected chi connectivity index (χ2v) is 34.3. The van der Waals surface area contributed by atoms with Crippen LogP contribution in [0.3, 0.4) is 0 Å². The molecule has 0 aliphatic rings. The van der Waals surface area contributed by atoms with E-state index in [2.05, 4.69) is 48.5 Å². The van der Waals surface area contributed by atoms with Gasteiger partial charge in [0.1, 0.15) is 19.3 Å². The molecule has 103 heavy (non-hydrogen) atoms. The van der Waals surface area contributed by atoms with E-state index in [1.165, 1.54) is 250 Å². The average molecular weight is 1510 g/mol. The number of rotatable bonds is 82. The van der Waals surface area contributed by atoms with Crippen LogP contribution in [-0.4, -0.2) is 96.7 Å². The fraction of sp³-hybridized carbons (Fsp3) is 0.952. The van der Waals surface area contributed by atoms with Gasteiger partial charge in [-0.3, -0.25) is 37.3 Å². The van der Waals surface area contributed by atoms with E-state index in [-0.39, 0.29) is 25.7 Å². The minimum atomic E-state index is -4.96. The quantitative estimate of drug-likeness (QED) is 0.0222. The van der Waals surface area contributed by atoms with Crippen molar-refractivity contribution in [2.45, 2.75) is 458 Å². The molecule has 0 aromatic heterocycles. The van der Waals surface area contributed by atoms with Crippen LogP contribution in [0.25, 0.3) is 0 Å². The molecule has 0 bridgehead atoms. The van der Waals surface area contributed by atoms with Crippen molar-refractivity contribution in [2.75, 3.05) is 39.6 Å². The zero-order valence-corrected chi connectivity index (χ0v) is 69.6. The molecule has 3 N–H and O–H groups in total. The Balaban J connectivity index is 5.23. The molecule has 0 amide bonds. The topological polar surface area (TPSA) is 237 Å². The van der Waals surface area contributed by atoms with E-state index in [4.69, 9.17) is 37.0 Å². The smallest absolute Gasteiger partial charge is 0.462 e. The van der Waals surface area contributed by atoms with Gasteiger partial charge in [0.2, 0.25) is 0 Å². The van der Waals surface area contributed by atoms with Gasteiger partial charge in [0.05, 0.1) is 26.4 Å². The highest BCUT2D eigenvalue weighted by Gasteiger charge is 2.30. The Morgan fingerprint density at radius 2 is 0.495 bits per heavy atom. The number of carbonyl (C=O) groups excluding carboxylic acids is 4. The second kappa shape index (κ2) is 74.2. The highest BCUT2D eigenvalue weighted by Crippen LogP contribution is 2.45. The van der Waals surface area contributed by atoms with Crippen molar-refractivity contribution in [3.63, 3.8) is 0 Å². The van der Waals surface area contributed by atoms with Gasteiger partial charge in [-0.1, -0.05) is 389 Å². The van der Waals surface area contributed by atoms with Gasteiger partial charge < -0.3 is 33.8 Å². The van der Waals surface area contributed by atoms with Crippen LogP contribution in [0.4, 0.5) is 0 Å². The average Bonchev–Trinajstić information content (AvgIpc) is 0.911. The number of hydrogen-bond donors (Lipinski definition) is 3. The maximum atomic E-state index is 13.1. The number of phosphoric ester groups is 2. The molecule has 0 heterocycles. The molecule has 0 rings (SSSR count). The summed E-state index contributed by atoms with van der Waals surface area (Å²) in [6.45, 7) is 12.0. The maximum absolute atomic E-state index is 13.1. The monoisotopic (exact) mass is 1510 g/mol. The molecule has 612 valence electrons. The zero-order chi connectivity index (χ0) is 75.8. The normalized spacial score (nSPS) is 14.2. The van der Waals surface area contributed by atoms with Crippen LogP contribution < -0.4 is 0 Å². The third kappa shape index (κ3) is 76.6. The summed E-state index contributed by atoms with van der Waals surface area (Å²) >= 11 is 0. The Labute approximate surface area is 632 Å². The predicted octanol–water partition coefficient (Wildman–Crippen LogP) is 25.3. The highest BCUT2D eigenvalue weighted by molar-refractivity contribution is 7.47. The van der Waals surface area contributed by atoms with E-state index in [1.54, 1.807) is 0 Å². The number of esters is 4. The molecule has 0 fully saturated rings. The Morgan fingerprint density at radius 3 is 0.738 bits per heavy atom. The van der Waals surface area contributed by atoms with Gasteiger partial charge in [0.15, 0.2) is 12.2 Å². The molecule has 17 nitrogen and oxygen atoms in total. The van der Waals surface area contributed by atoms with Crippen LogP contribution in [0.1, 0.15) is 440 Å². The van der Waals surface area contributed by atoms with Gasteiger partial charge >= 0.3 is 39.5 Å². The molecule has 0 saturated heterocycles. The first kappa shape index (κ1) is 101. The summed E-state index contributed by atoms with van der Waals surface area (Å²) in [5.74, 6) is 0.316. The molecule has 0 aromatic rings. The Bertz CT molecular complexity index is 1990. The summed E-state index contributed by atoms with van der Waals surface area (Å²) in [5, 5.41) is 10.7. The predicted molar refractivity (Wildman–Crippen MR) is 423 cm³/mol. The lowest BCUT2D eigenvalue weighted by molar-refractivity contribution is -0.161. The van der Waals surface area contributed by atoms with E-state index in [0.29, 0.717) is 25.7 Å². The summed E-state index contributed by atoms with van der Waals surface area (Å²) in [6, 6.07) is 0. The van der Waals surface area contributed by atoms with E-state index < -0.39 is 97.5 Å². The lowest BCUT2D eigenvalue weighted by Gasteiger charge is -2.21. The molecule has 0 spiro atoms. The van der Waals surface area contributed by atoms with Crippen molar-refractivity contribution in [3.8, 4) is 0 Å². The Kier molecular flexibility index (Phi) is 72.8. The van der Waals surface area contributed by atoms with Crippen molar-refractivity contribution in [1.29, 1.82) is 0 Å². The van der Waals surface area contributed by atoms with E-state index in [1.807, 2.05) is 0 Å². The molecule has 6 atom stereocenters. The molecule has 19 heteroatoms. The van der Waals surface area contributed by atoms with Crippen LogP contribution >= 0.6 is 15.6 Å². The van der Waals surface area contributed by atoms with Crippen molar-refractivity contribution in [3.05, 3.63) is 0 Å². The standard InChI is InChI=1S/C84H164O17P2/c1-8-10-11-12-13-14-27-37-44-51-58-65-81(86)94-71-80(101-84(89)68-61-54-47-40-33-32-35-42-49-56-63-76(5)6)74-99-103(92,93)97-70-78(85)69-96-102(90,91)98-73-79(72-95-82(87)66-59-52-45-38-30-25-22-21-24-29-36-43-50-57-64-77(7)9-2)100-83(88)67-60-53-46-39-31-26-20-18-16-15-17-19-23-28-34-41-48-55-62-75(3)4/h75-80,85H,8-74H2,1-7H3,(H,90,91)(H,92,93)/t77?,78-,79-,80-/m1/s1. The highest BCUT2D eigenvalue weighted by atomic mass is 31.2. The largest absolute Gasteiger partial charge is 0.472 e. The lowest BCUT2D eigenvalue weighted by Crippen LogP contribution is -2.30. The number of phosphoric acid groups is 2. The Hall–Kier alpha value is -1.94. The van der Waals surface area contributed by atoms with Gasteiger partial charge in [-0.15, -0.1) is 0 Å². The number of carbonyl (C=O) groups is 4. The number of aliphatic hydroxyl groups excluding tert-OH is 1. The van der Waals surface area contributed by atoms with Crippen LogP contribution in [0.2, 0.25) is 0 Å². The van der Waals surface area contributed by atoms with E-state index in [0.717, 1.165) is 108 Å². The van der Waals surface area contributed by atoms with Crippen LogP contribution in [-0.2, 0) is 65.4 Å². The van der Waals surface area contributed by atoms with Gasteiger partial charge in [0.25, 0.3) is 0 Å². The summed E-state index contributed by atoms with van der Waals surface area (Å²) in [5.41, 5.74) is 0. The molecular formula is C84H164O17P2. The first-order valence-corrected chi connectivity index (χ1v) is 46.4. The van der Waals surface area contributed by atoms with Crippen molar-refractivity contribution in [2.24, 2.45) is 17.8 Å². The van der Waals surface area contributed by atoms with Gasteiger partial charge in [-0.05, 0) is 43.4 Å². The number of unbranched alkanes of at least 4 members (excludes halogenated alkanes) is 49. The maximum Gasteiger partial charge on any atom is 0.472 e. The van der Waals surface area contributed by atoms with Crippen molar-refractivity contribution in [1.82, 2.24) is 0 Å². The molecule has 3 unspecified atom stereocenters. The number of hydrogen-bond acceptors (Lipinski definition) is 15. The van der Waals surface area contributed by atoms with Gasteiger partial charge in [-0.25, -0.2) is 9.13 Å². The summed E-state index contributed by atoms with van der Waals surface area (Å²) < 4.78 is 68.8. The summed E-state index contributed by atoms with van der Waals surface area (Å²) in [6.07, 6.45) is 63.8. The fourth-order valence-electron chi connectivity index (χ4n) is 13.0. The second-order valence-electron chi connectivity index (χ2n) is 31.4. The van der Waals surface area contributed by atoms with Crippen molar-refractivity contribution >= 4 is 39.5 Å². The van der Waals surface area contributed by atoms with E-state index in [9.17, 15) is 43.2 Å². The molecule has 0 aromatic carbocycles. The molecule has 0 aliphatic heterocycles. The van der Waals surface area contributed by atoms with Crippen LogP contribution in [0.15, 0.2) is 0 Å². The summed E-state index contributed by atoms with van der Waals surface area (Å²) in [7, 11) is -9.92. The molecule has 0 radical (unpaired) electrons. The van der Waals surface area contributed by atoms with Crippen LogP contribution in [0.5, 0.6) is 0 Å². The minimum Gasteiger partial charge on any atom is -0.462 e. The van der Waals surface area contributed by atoms with Gasteiger partial charge in [-0.2, -0.15) is 0 Å². The first-order chi connectivity index (χ1) is 49.8. The van der Waals surface area contributed by atoms with Crippen LogP contribution in [0, 0.1) is 17.8 Å². The van der Waals surface area contributed by atoms with Gasteiger partial charge in [0, 0.05) is 25.7 Å². The first-order valence-electron chi connectivity index (χ1n) is 43.4.